The highest BCUT2D eigenvalue weighted by molar-refractivity contribution is 6.09. The van der Waals surface area contributed by atoms with Crippen LogP contribution in [-0.2, 0) is 14.3 Å². The van der Waals surface area contributed by atoms with Gasteiger partial charge in [-0.2, -0.15) is 0 Å². The molecule has 0 unspecified atom stereocenters. The fraction of sp³-hybridized carbons (Fsp3) is 0.870. The summed E-state index contributed by atoms with van der Waals surface area (Å²) in [6, 6.07) is -0.347. The number of imide groups is 1. The molecule has 0 radical (unpaired) electrons. The van der Waals surface area contributed by atoms with Gasteiger partial charge in [-0.1, -0.05) is 34.6 Å². The van der Waals surface area contributed by atoms with Gasteiger partial charge >= 0.3 is 6.03 Å². The van der Waals surface area contributed by atoms with Gasteiger partial charge in [0.05, 0.1) is 6.10 Å². The number of fused-ring (bicyclic) bond motifs is 1. The second kappa shape index (κ2) is 6.94. The first-order valence-electron chi connectivity index (χ1n) is 11.4. The van der Waals surface area contributed by atoms with Crippen molar-refractivity contribution in [2.75, 3.05) is 20.2 Å². The highest BCUT2D eigenvalue weighted by Crippen LogP contribution is 2.54. The van der Waals surface area contributed by atoms with E-state index in [1.807, 2.05) is 0 Å². The lowest BCUT2D eigenvalue weighted by Gasteiger charge is -2.57. The number of nitrogens with one attached hydrogen (secondary N) is 1. The smallest absolute Gasteiger partial charge is 0.325 e. The summed E-state index contributed by atoms with van der Waals surface area (Å²) in [5.74, 6) is 0.479. The Morgan fingerprint density at radius 1 is 1.20 bits per heavy atom. The lowest BCUT2D eigenvalue weighted by molar-refractivity contribution is -0.168. The number of hydrogen-bond donors (Lipinski definition) is 1. The van der Waals surface area contributed by atoms with Crippen LogP contribution in [-0.4, -0.2) is 65.5 Å². The monoisotopic (exact) mass is 419 g/mol. The summed E-state index contributed by atoms with van der Waals surface area (Å²) in [5, 5.41) is 2.94. The topological polar surface area (TPSA) is 79.0 Å². The second-order valence-corrected chi connectivity index (χ2v) is 11.6. The SMILES string of the molecule is CN(C(=O)CN1C(=O)NC2(CCC(C(C)(C)C)CC2)C1=O)[C@@H]1[C@H]2CCO[C@@H]2C1(C)C. The molecule has 2 aliphatic carbocycles. The van der Waals surface area contributed by atoms with Gasteiger partial charge in [-0.05, 0) is 43.4 Å². The molecule has 0 aromatic carbocycles. The molecule has 2 heterocycles. The number of urea groups is 1. The van der Waals surface area contributed by atoms with E-state index in [9.17, 15) is 14.4 Å². The van der Waals surface area contributed by atoms with Crippen molar-refractivity contribution in [2.24, 2.45) is 22.7 Å². The van der Waals surface area contributed by atoms with Crippen LogP contribution in [0.4, 0.5) is 4.79 Å². The van der Waals surface area contributed by atoms with Crippen LogP contribution in [0, 0.1) is 22.7 Å². The first kappa shape index (κ1) is 21.6. The number of carbonyl (C=O) groups is 3. The minimum atomic E-state index is -0.822. The Labute approximate surface area is 179 Å². The van der Waals surface area contributed by atoms with Gasteiger partial charge < -0.3 is 15.0 Å². The molecule has 3 atom stereocenters. The van der Waals surface area contributed by atoms with E-state index in [1.165, 1.54) is 0 Å². The van der Waals surface area contributed by atoms with Crippen LogP contribution < -0.4 is 5.32 Å². The summed E-state index contributed by atoms with van der Waals surface area (Å²) < 4.78 is 5.84. The normalized spacial score (nSPS) is 32.7. The predicted molar refractivity (Wildman–Crippen MR) is 113 cm³/mol. The average molecular weight is 420 g/mol. The Balaban J connectivity index is 1.41. The van der Waals surface area contributed by atoms with Crippen LogP contribution in [0.3, 0.4) is 0 Å². The van der Waals surface area contributed by atoms with Gasteiger partial charge in [0, 0.05) is 31.0 Å². The van der Waals surface area contributed by atoms with E-state index in [2.05, 4.69) is 39.9 Å². The molecule has 2 aliphatic heterocycles. The summed E-state index contributed by atoms with van der Waals surface area (Å²) in [7, 11) is 1.80. The molecule has 2 saturated carbocycles. The standard InChI is InChI=1S/C23H37N3O4/c1-21(2,3)14-7-10-23(11-8-14)19(28)26(20(29)24-23)13-16(27)25(6)17-15-9-12-30-18(15)22(17,4)5/h14-15,17-18H,7-13H2,1-6H3,(H,24,29)/t14?,15-,17-,18+,23?/m1/s1. The van der Waals surface area contributed by atoms with Crippen molar-refractivity contribution in [1.82, 2.24) is 15.1 Å². The molecule has 2 saturated heterocycles. The second-order valence-electron chi connectivity index (χ2n) is 11.6. The van der Waals surface area contributed by atoms with Gasteiger partial charge in [-0.15, -0.1) is 0 Å². The number of hydrogen-bond acceptors (Lipinski definition) is 4. The molecule has 168 valence electrons. The maximum absolute atomic E-state index is 13.2. The van der Waals surface area contributed by atoms with Crippen molar-refractivity contribution in [3.63, 3.8) is 0 Å². The fourth-order valence-corrected chi connectivity index (χ4v) is 6.62. The zero-order chi connectivity index (χ0) is 22.1. The van der Waals surface area contributed by atoms with E-state index >= 15 is 0 Å². The molecule has 7 nitrogen and oxygen atoms in total. The first-order valence-corrected chi connectivity index (χ1v) is 11.4. The molecule has 0 bridgehead atoms. The number of rotatable bonds is 3. The third-order valence-electron chi connectivity index (χ3n) is 8.45. The summed E-state index contributed by atoms with van der Waals surface area (Å²) in [6.07, 6.45) is 4.27. The first-order chi connectivity index (χ1) is 13.9. The third-order valence-corrected chi connectivity index (χ3v) is 8.45. The highest BCUT2D eigenvalue weighted by Gasteiger charge is 2.62. The average Bonchev–Trinajstić information content (AvgIpc) is 3.18. The summed E-state index contributed by atoms with van der Waals surface area (Å²) in [5.41, 5.74) is -0.740. The number of amides is 4. The van der Waals surface area contributed by atoms with Crippen molar-refractivity contribution in [1.29, 1.82) is 0 Å². The van der Waals surface area contributed by atoms with Crippen molar-refractivity contribution in [2.45, 2.75) is 84.4 Å². The Kier molecular flexibility index (Phi) is 5.00. The molecule has 4 aliphatic rings. The molecule has 4 fully saturated rings. The maximum Gasteiger partial charge on any atom is 0.325 e. The minimum absolute atomic E-state index is 0.0782. The Bertz CT molecular complexity index is 748. The number of likely N-dealkylation sites (N-methyl/N-ethyl adjacent to an activating group) is 1. The summed E-state index contributed by atoms with van der Waals surface area (Å²) in [6.45, 7) is 11.5. The van der Waals surface area contributed by atoms with Crippen molar-refractivity contribution < 1.29 is 19.1 Å². The van der Waals surface area contributed by atoms with Crippen LogP contribution in [0.2, 0.25) is 0 Å². The molecule has 30 heavy (non-hydrogen) atoms. The zero-order valence-electron chi connectivity index (χ0n) is 19.3. The van der Waals surface area contributed by atoms with Gasteiger partial charge in [-0.3, -0.25) is 14.5 Å². The fourth-order valence-electron chi connectivity index (χ4n) is 6.62. The van der Waals surface area contributed by atoms with Crippen molar-refractivity contribution in [3.05, 3.63) is 0 Å². The van der Waals surface area contributed by atoms with Crippen LogP contribution >= 0.6 is 0 Å². The lowest BCUT2D eigenvalue weighted by Crippen LogP contribution is -2.67. The van der Waals surface area contributed by atoms with Crippen LogP contribution in [0.5, 0.6) is 0 Å². The van der Waals surface area contributed by atoms with Crippen LogP contribution in [0.15, 0.2) is 0 Å². The highest BCUT2D eigenvalue weighted by atomic mass is 16.5. The molecule has 4 rings (SSSR count). The van der Waals surface area contributed by atoms with Crippen LogP contribution in [0.25, 0.3) is 0 Å². The molecule has 4 amide bonds. The van der Waals surface area contributed by atoms with Gasteiger partial charge in [0.2, 0.25) is 5.91 Å². The number of carbonyl (C=O) groups excluding carboxylic acids is 3. The Hall–Kier alpha value is -1.63. The molecular formula is C23H37N3O4. The third kappa shape index (κ3) is 3.15. The van der Waals surface area contributed by atoms with Crippen molar-refractivity contribution in [3.8, 4) is 0 Å². The van der Waals surface area contributed by atoms with Crippen LogP contribution in [0.1, 0.15) is 66.7 Å². The van der Waals surface area contributed by atoms with Gasteiger partial charge in [-0.25, -0.2) is 4.79 Å². The minimum Gasteiger partial charge on any atom is -0.377 e. The molecular weight excluding hydrogens is 382 g/mol. The van der Waals surface area contributed by atoms with E-state index in [0.29, 0.717) is 24.7 Å². The Morgan fingerprint density at radius 2 is 1.83 bits per heavy atom. The zero-order valence-corrected chi connectivity index (χ0v) is 19.3. The van der Waals surface area contributed by atoms with E-state index in [4.69, 9.17) is 4.74 Å². The van der Waals surface area contributed by atoms with Gasteiger partial charge in [0.15, 0.2) is 0 Å². The molecule has 7 heteroatoms. The molecule has 1 N–H and O–H groups in total. The summed E-state index contributed by atoms with van der Waals surface area (Å²) in [4.78, 5) is 41.8. The molecule has 1 spiro atoms. The number of nitrogens with zero attached hydrogens (tertiary/aromatic N) is 2. The van der Waals surface area contributed by atoms with E-state index in [1.54, 1.807) is 11.9 Å². The van der Waals surface area contributed by atoms with Crippen molar-refractivity contribution >= 4 is 17.8 Å². The Morgan fingerprint density at radius 3 is 2.43 bits per heavy atom. The van der Waals surface area contributed by atoms with E-state index < -0.39 is 11.6 Å². The largest absolute Gasteiger partial charge is 0.377 e. The lowest BCUT2D eigenvalue weighted by atomic mass is 9.57. The molecule has 0 aromatic heterocycles. The maximum atomic E-state index is 13.2. The predicted octanol–water partition coefficient (Wildman–Crippen LogP) is 2.79. The van der Waals surface area contributed by atoms with Gasteiger partial charge in [0.1, 0.15) is 12.1 Å². The number of ether oxygens (including phenoxy) is 1. The quantitative estimate of drug-likeness (QED) is 0.714. The molecule has 0 aromatic rings. The summed E-state index contributed by atoms with van der Waals surface area (Å²) >= 11 is 0. The van der Waals surface area contributed by atoms with Gasteiger partial charge in [0.25, 0.3) is 5.91 Å². The van der Waals surface area contributed by atoms with E-state index in [0.717, 1.165) is 30.8 Å². The van der Waals surface area contributed by atoms with E-state index in [-0.39, 0.29) is 41.3 Å².